The van der Waals surface area contributed by atoms with Crippen LogP contribution in [0.5, 0.6) is 0 Å². The van der Waals surface area contributed by atoms with Crippen molar-refractivity contribution < 1.29 is 5.11 Å². The fourth-order valence-electron chi connectivity index (χ4n) is 2.47. The molecule has 1 fully saturated rings. The van der Waals surface area contributed by atoms with Gasteiger partial charge in [-0.2, -0.15) is 0 Å². The van der Waals surface area contributed by atoms with Gasteiger partial charge in [0.05, 0.1) is 6.10 Å². The molecule has 0 amide bonds. The molecule has 1 aliphatic rings. The lowest BCUT2D eigenvalue weighted by molar-refractivity contribution is 0.118. The molecule has 0 saturated heterocycles. The minimum atomic E-state index is -0.110. The first-order chi connectivity index (χ1) is 7.24. The first-order valence-corrected chi connectivity index (χ1v) is 6.65. The van der Waals surface area contributed by atoms with Gasteiger partial charge in [0.15, 0.2) is 0 Å². The molecule has 0 aromatic heterocycles. The van der Waals surface area contributed by atoms with Crippen molar-refractivity contribution in [1.29, 1.82) is 0 Å². The molecule has 1 aliphatic carbocycles. The maximum absolute atomic E-state index is 9.93. The summed E-state index contributed by atoms with van der Waals surface area (Å²) < 4.78 is 0. The van der Waals surface area contributed by atoms with Crippen molar-refractivity contribution >= 4 is 0 Å². The maximum Gasteiger partial charge on any atom is 0.0693 e. The summed E-state index contributed by atoms with van der Waals surface area (Å²) in [6, 6.07) is 0.354. The Labute approximate surface area is 94.5 Å². The van der Waals surface area contributed by atoms with E-state index in [1.807, 2.05) is 0 Å². The maximum atomic E-state index is 9.93. The second-order valence-electron chi connectivity index (χ2n) is 5.11. The van der Waals surface area contributed by atoms with Gasteiger partial charge in [-0.25, -0.2) is 0 Å². The molecule has 0 heterocycles. The van der Waals surface area contributed by atoms with E-state index in [2.05, 4.69) is 19.2 Å². The number of rotatable bonds is 5. The Balaban J connectivity index is 2.22. The molecule has 1 rings (SSSR count). The molecule has 2 N–H and O–H groups in total. The number of nitrogens with one attached hydrogen (secondary N) is 1. The molecule has 15 heavy (non-hydrogen) atoms. The first-order valence-electron chi connectivity index (χ1n) is 6.65. The predicted octanol–water partition coefficient (Wildman–Crippen LogP) is 2.71. The van der Waals surface area contributed by atoms with Gasteiger partial charge in [0.1, 0.15) is 0 Å². The monoisotopic (exact) mass is 213 g/mol. The van der Waals surface area contributed by atoms with Crippen LogP contribution in [-0.4, -0.2) is 23.8 Å². The SMILES string of the molecule is CCCC(C)CNC1CCCCCC1O. The zero-order chi connectivity index (χ0) is 11.1. The van der Waals surface area contributed by atoms with E-state index in [-0.39, 0.29) is 6.10 Å². The summed E-state index contributed by atoms with van der Waals surface area (Å²) in [4.78, 5) is 0. The van der Waals surface area contributed by atoms with Crippen molar-refractivity contribution in [2.75, 3.05) is 6.54 Å². The molecule has 3 atom stereocenters. The van der Waals surface area contributed by atoms with Crippen molar-refractivity contribution in [3.8, 4) is 0 Å². The topological polar surface area (TPSA) is 32.3 Å². The predicted molar refractivity (Wildman–Crippen MR) is 65.0 cm³/mol. The Morgan fingerprint density at radius 1 is 1.27 bits per heavy atom. The zero-order valence-corrected chi connectivity index (χ0v) is 10.3. The van der Waals surface area contributed by atoms with Gasteiger partial charge in [-0.1, -0.05) is 39.5 Å². The molecule has 0 bridgehead atoms. The highest BCUT2D eigenvalue weighted by Crippen LogP contribution is 2.18. The normalized spacial score (nSPS) is 29.8. The van der Waals surface area contributed by atoms with Gasteiger partial charge in [-0.3, -0.25) is 0 Å². The number of hydrogen-bond donors (Lipinski definition) is 2. The van der Waals surface area contributed by atoms with E-state index in [0.717, 1.165) is 25.3 Å². The van der Waals surface area contributed by atoms with E-state index in [9.17, 15) is 5.11 Å². The van der Waals surface area contributed by atoms with Crippen LogP contribution in [0, 0.1) is 5.92 Å². The smallest absolute Gasteiger partial charge is 0.0693 e. The largest absolute Gasteiger partial charge is 0.392 e. The third-order valence-corrected chi connectivity index (χ3v) is 3.49. The summed E-state index contributed by atoms with van der Waals surface area (Å²) in [5.41, 5.74) is 0. The van der Waals surface area contributed by atoms with Crippen LogP contribution in [0.4, 0.5) is 0 Å². The lowest BCUT2D eigenvalue weighted by Crippen LogP contribution is -2.41. The Morgan fingerprint density at radius 2 is 2.00 bits per heavy atom. The fourth-order valence-corrected chi connectivity index (χ4v) is 2.47. The Hall–Kier alpha value is -0.0800. The van der Waals surface area contributed by atoms with Crippen LogP contribution in [0.3, 0.4) is 0 Å². The Morgan fingerprint density at radius 3 is 2.73 bits per heavy atom. The molecule has 0 aliphatic heterocycles. The molecular weight excluding hydrogens is 186 g/mol. The van der Waals surface area contributed by atoms with Crippen LogP contribution in [0.1, 0.15) is 58.8 Å². The molecular formula is C13H27NO. The van der Waals surface area contributed by atoms with E-state index >= 15 is 0 Å². The highest BCUT2D eigenvalue weighted by Gasteiger charge is 2.21. The first kappa shape index (κ1) is 13.0. The molecule has 2 heteroatoms. The van der Waals surface area contributed by atoms with Crippen molar-refractivity contribution in [3.05, 3.63) is 0 Å². The Bertz CT molecular complexity index is 161. The summed E-state index contributed by atoms with van der Waals surface area (Å²) in [5.74, 6) is 0.741. The van der Waals surface area contributed by atoms with Crippen LogP contribution in [0.2, 0.25) is 0 Å². The van der Waals surface area contributed by atoms with Gasteiger partial charge in [-0.05, 0) is 31.7 Å². The van der Waals surface area contributed by atoms with E-state index in [4.69, 9.17) is 0 Å². The van der Waals surface area contributed by atoms with Gasteiger partial charge in [0.25, 0.3) is 0 Å². The lowest BCUT2D eigenvalue weighted by atomic mass is 10.0. The van der Waals surface area contributed by atoms with E-state index in [1.165, 1.54) is 32.1 Å². The second kappa shape index (κ2) is 7.24. The summed E-state index contributed by atoms with van der Waals surface area (Å²) in [6.45, 7) is 5.59. The van der Waals surface area contributed by atoms with Crippen LogP contribution < -0.4 is 5.32 Å². The number of hydrogen-bond acceptors (Lipinski definition) is 2. The van der Waals surface area contributed by atoms with E-state index in [0.29, 0.717) is 6.04 Å². The summed E-state index contributed by atoms with van der Waals surface area (Å²) in [5, 5.41) is 13.5. The second-order valence-corrected chi connectivity index (χ2v) is 5.11. The van der Waals surface area contributed by atoms with Gasteiger partial charge in [-0.15, -0.1) is 0 Å². The van der Waals surface area contributed by atoms with Crippen molar-refractivity contribution in [2.45, 2.75) is 70.9 Å². The lowest BCUT2D eigenvalue weighted by Gasteiger charge is -2.23. The van der Waals surface area contributed by atoms with Crippen LogP contribution in [0.15, 0.2) is 0 Å². The molecule has 1 saturated carbocycles. The van der Waals surface area contributed by atoms with Crippen LogP contribution >= 0.6 is 0 Å². The Kier molecular flexibility index (Phi) is 6.26. The molecule has 0 radical (unpaired) electrons. The van der Waals surface area contributed by atoms with Gasteiger partial charge in [0, 0.05) is 6.04 Å². The summed E-state index contributed by atoms with van der Waals surface area (Å²) >= 11 is 0. The van der Waals surface area contributed by atoms with Crippen molar-refractivity contribution in [2.24, 2.45) is 5.92 Å². The molecule has 0 spiro atoms. The van der Waals surface area contributed by atoms with Crippen molar-refractivity contribution in [1.82, 2.24) is 5.32 Å². The third-order valence-electron chi connectivity index (χ3n) is 3.49. The summed E-state index contributed by atoms with van der Waals surface area (Å²) in [6.07, 6.45) is 8.34. The van der Waals surface area contributed by atoms with E-state index in [1.54, 1.807) is 0 Å². The van der Waals surface area contributed by atoms with Crippen LogP contribution in [-0.2, 0) is 0 Å². The number of aliphatic hydroxyl groups is 1. The quantitative estimate of drug-likeness (QED) is 0.688. The molecule has 90 valence electrons. The van der Waals surface area contributed by atoms with Gasteiger partial charge < -0.3 is 10.4 Å². The minimum Gasteiger partial charge on any atom is -0.392 e. The van der Waals surface area contributed by atoms with Gasteiger partial charge in [0.2, 0.25) is 0 Å². The highest BCUT2D eigenvalue weighted by atomic mass is 16.3. The average molecular weight is 213 g/mol. The third kappa shape index (κ3) is 4.98. The zero-order valence-electron chi connectivity index (χ0n) is 10.3. The minimum absolute atomic E-state index is 0.110. The molecule has 0 aromatic rings. The van der Waals surface area contributed by atoms with Gasteiger partial charge >= 0.3 is 0 Å². The average Bonchev–Trinajstić information content (AvgIpc) is 2.41. The highest BCUT2D eigenvalue weighted by molar-refractivity contribution is 4.79. The molecule has 0 aromatic carbocycles. The standard InChI is InChI=1S/C13H27NO/c1-3-7-11(2)10-14-12-8-5-4-6-9-13(12)15/h11-15H,3-10H2,1-2H3. The van der Waals surface area contributed by atoms with E-state index < -0.39 is 0 Å². The fraction of sp³-hybridized carbons (Fsp3) is 1.00. The van der Waals surface area contributed by atoms with Crippen molar-refractivity contribution in [3.63, 3.8) is 0 Å². The van der Waals surface area contributed by atoms with Crippen LogP contribution in [0.25, 0.3) is 0 Å². The summed E-state index contributed by atoms with van der Waals surface area (Å²) in [7, 11) is 0. The number of aliphatic hydroxyl groups excluding tert-OH is 1. The molecule has 2 nitrogen and oxygen atoms in total. The molecule has 3 unspecified atom stereocenters.